The number of amides is 2. The van der Waals surface area contributed by atoms with E-state index in [1.54, 1.807) is 38.2 Å². The van der Waals surface area contributed by atoms with Crippen LogP contribution in [0.4, 0.5) is 5.69 Å². The molecule has 1 aromatic rings. The second-order valence-corrected chi connectivity index (χ2v) is 5.42. The Morgan fingerprint density at radius 1 is 1.36 bits per heavy atom. The Labute approximate surface area is 130 Å². The van der Waals surface area contributed by atoms with E-state index in [0.717, 1.165) is 0 Å². The fourth-order valence-corrected chi connectivity index (χ4v) is 2.74. The highest BCUT2D eigenvalue weighted by atomic mass is 16.5. The smallest absolute Gasteiger partial charge is 0.246 e. The van der Waals surface area contributed by atoms with E-state index >= 15 is 0 Å². The van der Waals surface area contributed by atoms with E-state index in [0.29, 0.717) is 37.4 Å². The molecule has 1 aliphatic heterocycles. The number of anilines is 1. The van der Waals surface area contributed by atoms with Crippen LogP contribution in [0.15, 0.2) is 24.3 Å². The van der Waals surface area contributed by atoms with E-state index in [9.17, 15) is 9.59 Å². The van der Waals surface area contributed by atoms with Gasteiger partial charge in [0, 0.05) is 20.1 Å². The summed E-state index contributed by atoms with van der Waals surface area (Å²) < 4.78 is 10.3. The molecule has 0 saturated carbocycles. The number of hydrogen-bond donors (Lipinski definition) is 1. The Morgan fingerprint density at radius 3 is 2.77 bits per heavy atom. The molecule has 1 fully saturated rings. The zero-order valence-corrected chi connectivity index (χ0v) is 13.2. The summed E-state index contributed by atoms with van der Waals surface area (Å²) in [5.74, 6) is 0.323. The molecule has 0 aliphatic carbocycles. The molecule has 6 nitrogen and oxygen atoms in total. The minimum absolute atomic E-state index is 0.0751. The third-order valence-corrected chi connectivity index (χ3v) is 3.98. The van der Waals surface area contributed by atoms with Crippen LogP contribution in [-0.2, 0) is 14.3 Å². The van der Waals surface area contributed by atoms with Gasteiger partial charge in [0.2, 0.25) is 11.8 Å². The highest BCUT2D eigenvalue weighted by Gasteiger charge is 2.48. The molecule has 22 heavy (non-hydrogen) atoms. The maximum atomic E-state index is 12.6. The van der Waals surface area contributed by atoms with Crippen molar-refractivity contribution in [1.82, 2.24) is 5.32 Å². The topological polar surface area (TPSA) is 67.9 Å². The average Bonchev–Trinajstić information content (AvgIpc) is 2.84. The van der Waals surface area contributed by atoms with Gasteiger partial charge in [-0.3, -0.25) is 14.5 Å². The van der Waals surface area contributed by atoms with Crippen LogP contribution in [0.1, 0.15) is 19.8 Å². The van der Waals surface area contributed by atoms with E-state index in [2.05, 4.69) is 5.32 Å². The zero-order chi connectivity index (χ0) is 16.2. The molecular weight excluding hydrogens is 284 g/mol. The molecule has 0 aromatic heterocycles. The molecule has 1 atom stereocenters. The van der Waals surface area contributed by atoms with E-state index in [-0.39, 0.29) is 11.8 Å². The van der Waals surface area contributed by atoms with Gasteiger partial charge in [0.25, 0.3) is 0 Å². The highest BCUT2D eigenvalue weighted by molar-refractivity contribution is 6.07. The first-order valence-corrected chi connectivity index (χ1v) is 7.28. The van der Waals surface area contributed by atoms with Crippen molar-refractivity contribution in [2.45, 2.75) is 25.3 Å². The predicted molar refractivity (Wildman–Crippen MR) is 83.0 cm³/mol. The van der Waals surface area contributed by atoms with Crippen LogP contribution in [-0.4, -0.2) is 44.7 Å². The van der Waals surface area contributed by atoms with Crippen molar-refractivity contribution < 1.29 is 19.1 Å². The molecule has 1 N–H and O–H groups in total. The minimum Gasteiger partial charge on any atom is -0.495 e. The third kappa shape index (κ3) is 2.92. The number of hydrogen-bond acceptors (Lipinski definition) is 4. The second-order valence-electron chi connectivity index (χ2n) is 5.42. The van der Waals surface area contributed by atoms with Crippen LogP contribution < -0.4 is 15.0 Å². The number of benzene rings is 1. The van der Waals surface area contributed by atoms with Crippen molar-refractivity contribution in [1.29, 1.82) is 0 Å². The molecule has 0 bridgehead atoms. The van der Waals surface area contributed by atoms with Gasteiger partial charge in [-0.15, -0.1) is 0 Å². The van der Waals surface area contributed by atoms with Gasteiger partial charge in [-0.1, -0.05) is 12.1 Å². The van der Waals surface area contributed by atoms with E-state index < -0.39 is 5.54 Å². The average molecular weight is 306 g/mol. The molecule has 0 spiro atoms. The first-order chi connectivity index (χ1) is 10.5. The number of nitrogens with zero attached hydrogens (tertiary/aromatic N) is 1. The van der Waals surface area contributed by atoms with Crippen molar-refractivity contribution in [2.24, 2.45) is 0 Å². The lowest BCUT2D eigenvalue weighted by Gasteiger charge is -2.34. The molecule has 1 unspecified atom stereocenters. The van der Waals surface area contributed by atoms with Gasteiger partial charge in [-0.05, 0) is 25.5 Å². The summed E-state index contributed by atoms with van der Waals surface area (Å²) in [6.07, 6.45) is 0.814. The van der Waals surface area contributed by atoms with Gasteiger partial charge >= 0.3 is 0 Å². The lowest BCUT2D eigenvalue weighted by Crippen LogP contribution is -2.55. The molecule has 1 saturated heterocycles. The fraction of sp³-hybridized carbons (Fsp3) is 0.500. The summed E-state index contributed by atoms with van der Waals surface area (Å²) in [4.78, 5) is 26.5. The van der Waals surface area contributed by atoms with Crippen molar-refractivity contribution in [2.75, 3.05) is 32.3 Å². The van der Waals surface area contributed by atoms with Crippen LogP contribution in [0, 0.1) is 0 Å². The van der Waals surface area contributed by atoms with Crippen LogP contribution in [0.2, 0.25) is 0 Å². The van der Waals surface area contributed by atoms with Crippen LogP contribution >= 0.6 is 0 Å². The summed E-state index contributed by atoms with van der Waals surface area (Å²) in [6.45, 7) is 2.63. The number of rotatable bonds is 6. The summed E-state index contributed by atoms with van der Waals surface area (Å²) >= 11 is 0. The number of carbonyl (C=O) groups is 2. The van der Waals surface area contributed by atoms with E-state index in [4.69, 9.17) is 9.47 Å². The SMILES string of the molecule is COCCNC(=O)C1(C)CCC(=O)N1c1ccccc1OC. The predicted octanol–water partition coefficient (Wildman–Crippen LogP) is 1.34. The van der Waals surface area contributed by atoms with E-state index in [1.807, 2.05) is 12.1 Å². The van der Waals surface area contributed by atoms with Crippen molar-refractivity contribution in [3.05, 3.63) is 24.3 Å². The van der Waals surface area contributed by atoms with Gasteiger partial charge in [-0.2, -0.15) is 0 Å². The summed E-state index contributed by atoms with van der Waals surface area (Å²) in [5.41, 5.74) is -0.295. The molecular formula is C16H22N2O4. The molecule has 2 rings (SSSR count). The normalized spacial score (nSPS) is 21.0. The molecule has 1 heterocycles. The van der Waals surface area contributed by atoms with E-state index in [1.165, 1.54) is 0 Å². The van der Waals surface area contributed by atoms with Crippen LogP contribution in [0.25, 0.3) is 0 Å². The molecule has 120 valence electrons. The minimum atomic E-state index is -0.917. The third-order valence-electron chi connectivity index (χ3n) is 3.98. The monoisotopic (exact) mass is 306 g/mol. The van der Waals surface area contributed by atoms with Gasteiger partial charge in [0.1, 0.15) is 11.3 Å². The Kier molecular flexibility index (Phi) is 5.03. The first kappa shape index (κ1) is 16.3. The maximum Gasteiger partial charge on any atom is 0.246 e. The zero-order valence-electron chi connectivity index (χ0n) is 13.2. The van der Waals surface area contributed by atoms with Crippen molar-refractivity contribution in [3.8, 4) is 5.75 Å². The maximum absolute atomic E-state index is 12.6. The molecule has 0 radical (unpaired) electrons. The van der Waals surface area contributed by atoms with Gasteiger partial charge in [0.05, 0.1) is 19.4 Å². The van der Waals surface area contributed by atoms with Crippen LogP contribution in [0.3, 0.4) is 0 Å². The summed E-state index contributed by atoms with van der Waals surface area (Å²) in [7, 11) is 3.13. The fourth-order valence-electron chi connectivity index (χ4n) is 2.74. The lowest BCUT2D eigenvalue weighted by molar-refractivity contribution is -0.127. The van der Waals surface area contributed by atoms with Crippen molar-refractivity contribution >= 4 is 17.5 Å². The summed E-state index contributed by atoms with van der Waals surface area (Å²) in [6, 6.07) is 7.23. The second kappa shape index (κ2) is 6.79. The Hall–Kier alpha value is -2.08. The van der Waals surface area contributed by atoms with Gasteiger partial charge < -0.3 is 14.8 Å². The largest absolute Gasteiger partial charge is 0.495 e. The number of para-hydroxylation sites is 2. The van der Waals surface area contributed by atoms with Crippen LogP contribution in [0.5, 0.6) is 5.75 Å². The Bertz CT molecular complexity index is 561. The Morgan fingerprint density at radius 2 is 2.09 bits per heavy atom. The number of carbonyl (C=O) groups excluding carboxylic acids is 2. The highest BCUT2D eigenvalue weighted by Crippen LogP contribution is 2.39. The Balaban J connectivity index is 2.30. The van der Waals surface area contributed by atoms with Crippen molar-refractivity contribution in [3.63, 3.8) is 0 Å². The standard InChI is InChI=1S/C16H22N2O4/c1-16(15(20)17-10-11-21-2)9-8-14(19)18(16)12-6-4-5-7-13(12)22-3/h4-7H,8-11H2,1-3H3,(H,17,20). The van der Waals surface area contributed by atoms with Gasteiger partial charge in [0.15, 0.2) is 0 Å². The molecule has 1 aliphatic rings. The number of ether oxygens (including phenoxy) is 2. The number of methoxy groups -OCH3 is 2. The molecule has 1 aromatic carbocycles. The molecule has 2 amide bonds. The molecule has 6 heteroatoms. The lowest BCUT2D eigenvalue weighted by atomic mass is 9.97. The number of nitrogens with one attached hydrogen (secondary N) is 1. The first-order valence-electron chi connectivity index (χ1n) is 7.28. The summed E-state index contributed by atoms with van der Waals surface area (Å²) in [5, 5.41) is 2.83. The van der Waals surface area contributed by atoms with Gasteiger partial charge in [-0.25, -0.2) is 0 Å². The quantitative estimate of drug-likeness (QED) is 0.806.